The molecule has 3 rings (SSSR count). The van der Waals surface area contributed by atoms with Crippen LogP contribution in [0.25, 0.3) is 22.3 Å². The summed E-state index contributed by atoms with van der Waals surface area (Å²) in [4.78, 5) is 12.0. The third-order valence-electron chi connectivity index (χ3n) is 2.84. The van der Waals surface area contributed by atoms with E-state index in [0.29, 0.717) is 27.3 Å². The quantitative estimate of drug-likeness (QED) is 0.664. The largest absolute Gasteiger partial charge is 0.454 e. The van der Waals surface area contributed by atoms with Gasteiger partial charge in [-0.15, -0.1) is 0 Å². The van der Waals surface area contributed by atoms with Gasteiger partial charge in [-0.1, -0.05) is 17.7 Å². The molecular weight excluding hydrogens is 267 g/mol. The van der Waals surface area contributed by atoms with Crippen LogP contribution in [0.15, 0.2) is 57.7 Å². The van der Waals surface area contributed by atoms with Crippen LogP contribution >= 0.6 is 11.6 Å². The van der Waals surface area contributed by atoms with Crippen LogP contribution in [0.5, 0.6) is 0 Å². The molecule has 0 amide bonds. The van der Waals surface area contributed by atoms with E-state index in [9.17, 15) is 9.18 Å². The van der Waals surface area contributed by atoms with Gasteiger partial charge in [0.15, 0.2) is 11.0 Å². The molecule has 1 heterocycles. The van der Waals surface area contributed by atoms with Gasteiger partial charge < -0.3 is 4.42 Å². The van der Waals surface area contributed by atoms with Crippen molar-refractivity contribution in [3.8, 4) is 11.3 Å². The highest BCUT2D eigenvalue weighted by Crippen LogP contribution is 2.26. The van der Waals surface area contributed by atoms with Crippen LogP contribution in [0.3, 0.4) is 0 Å². The summed E-state index contributed by atoms with van der Waals surface area (Å²) in [7, 11) is 0. The number of rotatable bonds is 1. The van der Waals surface area contributed by atoms with Crippen LogP contribution in [0.4, 0.5) is 4.39 Å². The van der Waals surface area contributed by atoms with Crippen molar-refractivity contribution in [1.82, 2.24) is 0 Å². The predicted molar refractivity (Wildman–Crippen MR) is 72.9 cm³/mol. The Labute approximate surface area is 113 Å². The van der Waals surface area contributed by atoms with Crippen LogP contribution in [-0.2, 0) is 0 Å². The molecule has 0 atom stereocenters. The Bertz CT molecular complexity index is 806. The van der Waals surface area contributed by atoms with E-state index in [4.69, 9.17) is 16.0 Å². The van der Waals surface area contributed by atoms with Gasteiger partial charge in [-0.05, 0) is 36.4 Å². The number of para-hydroxylation sites is 1. The number of halogens is 2. The summed E-state index contributed by atoms with van der Waals surface area (Å²) in [6.07, 6.45) is 0. The van der Waals surface area contributed by atoms with Crippen molar-refractivity contribution in [1.29, 1.82) is 0 Å². The molecule has 0 aliphatic carbocycles. The molecule has 4 heteroatoms. The molecule has 0 aliphatic rings. The molecule has 0 spiro atoms. The molecule has 0 saturated heterocycles. The van der Waals surface area contributed by atoms with Crippen molar-refractivity contribution in [2.24, 2.45) is 0 Å². The Balaban J connectivity index is 2.29. The maximum Gasteiger partial charge on any atom is 0.193 e. The van der Waals surface area contributed by atoms with Crippen LogP contribution in [0.1, 0.15) is 0 Å². The predicted octanol–water partition coefficient (Wildman–Crippen LogP) is 4.25. The van der Waals surface area contributed by atoms with Crippen molar-refractivity contribution in [2.75, 3.05) is 0 Å². The zero-order valence-corrected chi connectivity index (χ0v) is 10.4. The first kappa shape index (κ1) is 11.9. The highest BCUT2D eigenvalue weighted by Gasteiger charge is 2.09. The highest BCUT2D eigenvalue weighted by atomic mass is 35.5. The van der Waals surface area contributed by atoms with Crippen molar-refractivity contribution < 1.29 is 8.81 Å². The number of benzene rings is 2. The smallest absolute Gasteiger partial charge is 0.193 e. The van der Waals surface area contributed by atoms with E-state index in [1.54, 1.807) is 30.3 Å². The molecule has 0 fully saturated rings. The van der Waals surface area contributed by atoms with Crippen molar-refractivity contribution in [3.05, 3.63) is 69.6 Å². The lowest BCUT2D eigenvalue weighted by molar-refractivity contribution is 0.615. The summed E-state index contributed by atoms with van der Waals surface area (Å²) in [5.41, 5.74) is 0.791. The lowest BCUT2D eigenvalue weighted by atomic mass is 10.1. The molecule has 0 saturated carbocycles. The Morgan fingerprint density at radius 1 is 1.05 bits per heavy atom. The van der Waals surface area contributed by atoms with Gasteiger partial charge in [0.25, 0.3) is 0 Å². The summed E-state index contributed by atoms with van der Waals surface area (Å²) in [5.74, 6) is 0.0236. The first-order valence-corrected chi connectivity index (χ1v) is 6.01. The summed E-state index contributed by atoms with van der Waals surface area (Å²) < 4.78 is 18.5. The molecule has 94 valence electrons. The van der Waals surface area contributed by atoms with Crippen molar-refractivity contribution in [2.45, 2.75) is 0 Å². The molecule has 0 radical (unpaired) electrons. The lowest BCUT2D eigenvalue weighted by Gasteiger charge is -2.04. The Morgan fingerprint density at radius 2 is 1.79 bits per heavy atom. The zero-order valence-electron chi connectivity index (χ0n) is 9.69. The zero-order chi connectivity index (χ0) is 13.4. The Hall–Kier alpha value is -2.13. The summed E-state index contributed by atoms with van der Waals surface area (Å²) in [6, 6.07) is 12.1. The first-order chi connectivity index (χ1) is 9.15. The van der Waals surface area contributed by atoms with E-state index >= 15 is 0 Å². The van der Waals surface area contributed by atoms with Gasteiger partial charge in [-0.2, -0.15) is 0 Å². The fourth-order valence-electron chi connectivity index (χ4n) is 1.90. The van der Waals surface area contributed by atoms with E-state index in [1.165, 1.54) is 18.2 Å². The van der Waals surface area contributed by atoms with E-state index in [-0.39, 0.29) is 11.2 Å². The number of fused-ring (bicyclic) bond motifs is 1. The van der Waals surface area contributed by atoms with E-state index in [0.717, 1.165) is 0 Å². The molecule has 2 nitrogen and oxygen atoms in total. The second-order valence-electron chi connectivity index (χ2n) is 4.10. The summed E-state index contributed by atoms with van der Waals surface area (Å²) >= 11 is 6.02. The average Bonchev–Trinajstić information content (AvgIpc) is 2.41. The molecule has 0 aliphatic heterocycles. The number of hydrogen-bond donors (Lipinski definition) is 0. The molecule has 0 bridgehead atoms. The van der Waals surface area contributed by atoms with Gasteiger partial charge in [-0.25, -0.2) is 4.39 Å². The fourth-order valence-corrected chi connectivity index (χ4v) is 2.11. The minimum Gasteiger partial charge on any atom is -0.454 e. The second kappa shape index (κ2) is 4.52. The van der Waals surface area contributed by atoms with Crippen molar-refractivity contribution in [3.63, 3.8) is 0 Å². The normalized spacial score (nSPS) is 10.8. The minimum absolute atomic E-state index is 0.178. The monoisotopic (exact) mass is 274 g/mol. The van der Waals surface area contributed by atoms with Crippen LogP contribution in [-0.4, -0.2) is 0 Å². The molecule has 0 unspecified atom stereocenters. The van der Waals surface area contributed by atoms with E-state index < -0.39 is 0 Å². The minimum atomic E-state index is -0.343. The van der Waals surface area contributed by atoms with Gasteiger partial charge in [-0.3, -0.25) is 4.79 Å². The van der Waals surface area contributed by atoms with E-state index in [2.05, 4.69) is 0 Å². The van der Waals surface area contributed by atoms with Gasteiger partial charge in [0.1, 0.15) is 11.6 Å². The van der Waals surface area contributed by atoms with E-state index in [1.807, 2.05) is 0 Å². The lowest BCUT2D eigenvalue weighted by Crippen LogP contribution is -2.00. The third kappa shape index (κ3) is 2.13. The van der Waals surface area contributed by atoms with Crippen LogP contribution in [0, 0.1) is 5.82 Å². The third-order valence-corrected chi connectivity index (χ3v) is 3.13. The first-order valence-electron chi connectivity index (χ1n) is 5.63. The van der Waals surface area contributed by atoms with Crippen molar-refractivity contribution >= 4 is 22.6 Å². The van der Waals surface area contributed by atoms with Crippen LogP contribution < -0.4 is 5.43 Å². The van der Waals surface area contributed by atoms with Crippen LogP contribution in [0.2, 0.25) is 5.02 Å². The highest BCUT2D eigenvalue weighted by molar-refractivity contribution is 6.34. The molecule has 3 aromatic rings. The topological polar surface area (TPSA) is 30.2 Å². The Kier molecular flexibility index (Phi) is 2.84. The number of hydrogen-bond acceptors (Lipinski definition) is 2. The SMILES string of the molecule is O=c1cc(-c2ccc(F)cc2)oc2c(Cl)cccc12. The molecular formula is C15H8ClFO2. The maximum absolute atomic E-state index is 12.9. The molecule has 1 aromatic heterocycles. The Morgan fingerprint density at radius 3 is 2.53 bits per heavy atom. The molecule has 0 N–H and O–H groups in total. The fraction of sp³-hybridized carbons (Fsp3) is 0. The summed E-state index contributed by atoms with van der Waals surface area (Å²) in [5, 5.41) is 0.803. The average molecular weight is 275 g/mol. The standard InChI is InChI=1S/C15H8ClFO2/c16-12-3-1-2-11-13(18)8-14(19-15(11)12)9-4-6-10(17)7-5-9/h1-8H. The van der Waals surface area contributed by atoms with Gasteiger partial charge in [0, 0.05) is 11.6 Å². The summed E-state index contributed by atoms with van der Waals surface area (Å²) in [6.45, 7) is 0. The second-order valence-corrected chi connectivity index (χ2v) is 4.51. The molecule has 19 heavy (non-hydrogen) atoms. The maximum atomic E-state index is 12.9. The van der Waals surface area contributed by atoms with Gasteiger partial charge in [0.05, 0.1) is 10.4 Å². The van der Waals surface area contributed by atoms with Gasteiger partial charge >= 0.3 is 0 Å². The van der Waals surface area contributed by atoms with Gasteiger partial charge in [0.2, 0.25) is 0 Å². The molecule has 2 aromatic carbocycles.